The van der Waals surface area contributed by atoms with Crippen LogP contribution < -0.4 is 4.90 Å². The molecule has 4 heterocycles. The molecule has 1 aromatic carbocycles. The Labute approximate surface area is 152 Å². The van der Waals surface area contributed by atoms with Crippen molar-refractivity contribution in [3.8, 4) is 11.4 Å². The molecule has 0 N–H and O–H groups in total. The molecule has 1 aliphatic rings. The third-order valence-electron chi connectivity index (χ3n) is 4.28. The second-order valence-electron chi connectivity index (χ2n) is 6.01. The van der Waals surface area contributed by atoms with Gasteiger partial charge in [0.05, 0.1) is 18.4 Å². The first-order valence-corrected chi connectivity index (χ1v) is 9.12. The SMILES string of the molecule is Cc1cn2nc(N3CCn4c(nnc4-c4ccc(Cl)cc4)C3)sc2n1. The van der Waals surface area contributed by atoms with E-state index in [1.165, 1.54) is 0 Å². The predicted molar refractivity (Wildman–Crippen MR) is 97.1 cm³/mol. The highest BCUT2D eigenvalue weighted by molar-refractivity contribution is 7.20. The van der Waals surface area contributed by atoms with Crippen LogP contribution in [-0.2, 0) is 13.1 Å². The van der Waals surface area contributed by atoms with Crippen molar-refractivity contribution in [2.75, 3.05) is 11.4 Å². The van der Waals surface area contributed by atoms with Crippen LogP contribution in [0, 0.1) is 6.92 Å². The van der Waals surface area contributed by atoms with Gasteiger partial charge in [-0.3, -0.25) is 0 Å². The number of anilines is 1. The molecule has 5 rings (SSSR count). The van der Waals surface area contributed by atoms with Crippen LogP contribution in [0.1, 0.15) is 11.5 Å². The van der Waals surface area contributed by atoms with Gasteiger partial charge in [0.2, 0.25) is 10.1 Å². The van der Waals surface area contributed by atoms with Crippen molar-refractivity contribution in [1.82, 2.24) is 29.4 Å². The fraction of sp³-hybridized carbons (Fsp3) is 0.250. The fourth-order valence-corrected chi connectivity index (χ4v) is 4.14. The van der Waals surface area contributed by atoms with Crippen molar-refractivity contribution in [2.45, 2.75) is 20.0 Å². The summed E-state index contributed by atoms with van der Waals surface area (Å²) in [6.45, 7) is 4.35. The van der Waals surface area contributed by atoms with Crippen LogP contribution in [0.25, 0.3) is 16.3 Å². The Morgan fingerprint density at radius 2 is 1.96 bits per heavy atom. The lowest BCUT2D eigenvalue weighted by atomic mass is 10.2. The van der Waals surface area contributed by atoms with Crippen LogP contribution >= 0.6 is 22.9 Å². The van der Waals surface area contributed by atoms with Crippen LogP contribution in [0.15, 0.2) is 30.5 Å². The number of fused-ring (bicyclic) bond motifs is 2. The highest BCUT2D eigenvalue weighted by Crippen LogP contribution is 2.28. The van der Waals surface area contributed by atoms with E-state index in [-0.39, 0.29) is 0 Å². The molecule has 0 amide bonds. The van der Waals surface area contributed by atoms with E-state index < -0.39 is 0 Å². The highest BCUT2D eigenvalue weighted by atomic mass is 35.5. The maximum atomic E-state index is 5.97. The van der Waals surface area contributed by atoms with E-state index >= 15 is 0 Å². The van der Waals surface area contributed by atoms with Gasteiger partial charge in [0.25, 0.3) is 0 Å². The molecule has 0 aliphatic carbocycles. The normalized spacial score (nSPS) is 14.2. The second kappa shape index (κ2) is 5.53. The Morgan fingerprint density at radius 3 is 2.76 bits per heavy atom. The third-order valence-corrected chi connectivity index (χ3v) is 5.51. The Bertz CT molecular complexity index is 1030. The van der Waals surface area contributed by atoms with E-state index in [1.807, 2.05) is 41.9 Å². The van der Waals surface area contributed by atoms with Gasteiger partial charge in [-0.25, -0.2) is 9.50 Å². The van der Waals surface area contributed by atoms with Gasteiger partial charge in [0, 0.05) is 23.7 Å². The zero-order valence-corrected chi connectivity index (χ0v) is 15.0. The summed E-state index contributed by atoms with van der Waals surface area (Å²) in [4.78, 5) is 7.62. The Balaban J connectivity index is 1.45. The number of aryl methyl sites for hydroxylation is 1. The van der Waals surface area contributed by atoms with Crippen molar-refractivity contribution in [3.05, 3.63) is 47.0 Å². The van der Waals surface area contributed by atoms with Gasteiger partial charge in [-0.1, -0.05) is 22.9 Å². The quantitative estimate of drug-likeness (QED) is 0.542. The number of benzene rings is 1. The zero-order chi connectivity index (χ0) is 17.0. The first-order chi connectivity index (χ1) is 12.2. The monoisotopic (exact) mass is 371 g/mol. The molecule has 9 heteroatoms. The lowest BCUT2D eigenvalue weighted by Crippen LogP contribution is -2.34. The number of rotatable bonds is 2. The first-order valence-electron chi connectivity index (χ1n) is 7.93. The van der Waals surface area contributed by atoms with E-state index in [2.05, 4.69) is 29.7 Å². The van der Waals surface area contributed by atoms with Crippen LogP contribution in [-0.4, -0.2) is 35.9 Å². The summed E-state index contributed by atoms with van der Waals surface area (Å²) in [5.74, 6) is 1.83. The largest absolute Gasteiger partial charge is 0.337 e. The number of aromatic nitrogens is 6. The molecule has 0 atom stereocenters. The minimum atomic E-state index is 0.691. The molecule has 0 radical (unpaired) electrons. The molecule has 0 spiro atoms. The molecular formula is C16H14ClN7S. The predicted octanol–water partition coefficient (Wildman–Crippen LogP) is 3.03. The average molecular weight is 372 g/mol. The number of hydrogen-bond acceptors (Lipinski definition) is 6. The summed E-state index contributed by atoms with van der Waals surface area (Å²) in [5.41, 5.74) is 2.01. The Kier molecular flexibility index (Phi) is 3.29. The standard InChI is InChI=1S/C16H14ClN7S/c1-10-8-24-15(18-10)25-16(21-24)22-6-7-23-13(9-22)19-20-14(23)11-2-4-12(17)5-3-11/h2-5,8H,6-7,9H2,1H3. The molecule has 0 saturated heterocycles. The lowest BCUT2D eigenvalue weighted by Gasteiger charge is -2.27. The van der Waals surface area contributed by atoms with Gasteiger partial charge >= 0.3 is 0 Å². The summed E-state index contributed by atoms with van der Waals surface area (Å²) >= 11 is 7.57. The molecule has 0 unspecified atom stereocenters. The zero-order valence-electron chi connectivity index (χ0n) is 13.4. The maximum Gasteiger partial charge on any atom is 0.214 e. The van der Waals surface area contributed by atoms with Crippen molar-refractivity contribution in [1.29, 1.82) is 0 Å². The summed E-state index contributed by atoms with van der Waals surface area (Å²) in [5, 5.41) is 15.1. The molecule has 25 heavy (non-hydrogen) atoms. The molecular weight excluding hydrogens is 358 g/mol. The summed E-state index contributed by atoms with van der Waals surface area (Å²) < 4.78 is 4.01. The number of halogens is 1. The maximum absolute atomic E-state index is 5.97. The van der Waals surface area contributed by atoms with Gasteiger partial charge in [0.1, 0.15) is 0 Å². The first kappa shape index (κ1) is 14.9. The van der Waals surface area contributed by atoms with Gasteiger partial charge in [-0.2, -0.15) is 0 Å². The second-order valence-corrected chi connectivity index (χ2v) is 7.38. The topological polar surface area (TPSA) is 64.1 Å². The number of hydrogen-bond donors (Lipinski definition) is 0. The van der Waals surface area contributed by atoms with Crippen molar-refractivity contribution < 1.29 is 0 Å². The van der Waals surface area contributed by atoms with E-state index in [4.69, 9.17) is 11.6 Å². The minimum Gasteiger partial charge on any atom is -0.337 e. The number of nitrogens with zero attached hydrogens (tertiary/aromatic N) is 7. The molecule has 3 aromatic heterocycles. The van der Waals surface area contributed by atoms with Crippen molar-refractivity contribution in [3.63, 3.8) is 0 Å². The Hall–Kier alpha value is -2.45. The summed E-state index contributed by atoms with van der Waals surface area (Å²) in [6.07, 6.45) is 1.94. The van der Waals surface area contributed by atoms with E-state index in [0.29, 0.717) is 6.54 Å². The van der Waals surface area contributed by atoms with Crippen molar-refractivity contribution in [2.24, 2.45) is 0 Å². The van der Waals surface area contributed by atoms with Crippen LogP contribution in [0.2, 0.25) is 5.02 Å². The molecule has 7 nitrogen and oxygen atoms in total. The van der Waals surface area contributed by atoms with Crippen molar-refractivity contribution >= 4 is 33.0 Å². The highest BCUT2D eigenvalue weighted by Gasteiger charge is 2.24. The average Bonchev–Trinajstić information content (AvgIpc) is 3.27. The van der Waals surface area contributed by atoms with Crippen LogP contribution in [0.3, 0.4) is 0 Å². The van der Waals surface area contributed by atoms with E-state index in [1.54, 1.807) is 11.3 Å². The van der Waals surface area contributed by atoms with Gasteiger partial charge < -0.3 is 9.47 Å². The summed E-state index contributed by atoms with van der Waals surface area (Å²) in [6, 6.07) is 7.70. The molecule has 0 fully saturated rings. The molecule has 1 aliphatic heterocycles. The Morgan fingerprint density at radius 1 is 1.12 bits per heavy atom. The molecule has 0 bridgehead atoms. The molecule has 0 saturated carbocycles. The van der Waals surface area contributed by atoms with Crippen LogP contribution in [0.4, 0.5) is 5.13 Å². The van der Waals surface area contributed by atoms with Crippen LogP contribution in [0.5, 0.6) is 0 Å². The van der Waals surface area contributed by atoms with Gasteiger partial charge in [-0.15, -0.1) is 15.3 Å². The van der Waals surface area contributed by atoms with E-state index in [9.17, 15) is 0 Å². The van der Waals surface area contributed by atoms with Gasteiger partial charge in [0.15, 0.2) is 11.6 Å². The smallest absolute Gasteiger partial charge is 0.214 e. The fourth-order valence-electron chi connectivity index (χ4n) is 3.06. The van der Waals surface area contributed by atoms with Gasteiger partial charge in [-0.05, 0) is 31.2 Å². The number of imidazole rings is 1. The molecule has 4 aromatic rings. The lowest BCUT2D eigenvalue weighted by molar-refractivity contribution is 0.561. The van der Waals surface area contributed by atoms with E-state index in [0.717, 1.165) is 51.1 Å². The molecule has 126 valence electrons. The summed E-state index contributed by atoms with van der Waals surface area (Å²) in [7, 11) is 0. The minimum absolute atomic E-state index is 0.691. The third kappa shape index (κ3) is 2.49.